The van der Waals surface area contributed by atoms with Gasteiger partial charge in [-0.1, -0.05) is 24.3 Å². The van der Waals surface area contributed by atoms with Crippen molar-refractivity contribution in [2.75, 3.05) is 7.11 Å². The number of fused-ring (bicyclic) bond motifs is 1. The van der Waals surface area contributed by atoms with Gasteiger partial charge in [0.05, 0.1) is 7.11 Å². The van der Waals surface area contributed by atoms with Crippen molar-refractivity contribution in [1.82, 2.24) is 0 Å². The fraction of sp³-hybridized carbons (Fsp3) is 0.118. The molecule has 9 heteroatoms. The zero-order valence-corrected chi connectivity index (χ0v) is 13.4. The Balaban J connectivity index is 2.21. The molecule has 3 nitrogen and oxygen atoms in total. The van der Waals surface area contributed by atoms with Crippen molar-refractivity contribution in [3.63, 3.8) is 0 Å². The van der Waals surface area contributed by atoms with Gasteiger partial charge in [-0.3, -0.25) is 4.79 Å². The van der Waals surface area contributed by atoms with Gasteiger partial charge in [-0.2, -0.15) is 13.2 Å². The SMILES string of the molecule is COc1ccc2cc(/C=C/C(=O)/C=C(/OB(F)F)C(F)(F)F)ccc2c1. The Labute approximate surface area is 145 Å². The van der Waals surface area contributed by atoms with Gasteiger partial charge >= 0.3 is 13.6 Å². The molecule has 2 aromatic rings. The highest BCUT2D eigenvalue weighted by Gasteiger charge is 2.39. The highest BCUT2D eigenvalue weighted by Crippen LogP contribution is 2.27. The van der Waals surface area contributed by atoms with Crippen LogP contribution in [-0.4, -0.2) is 26.5 Å². The summed E-state index contributed by atoms with van der Waals surface area (Å²) in [6.07, 6.45) is -3.10. The predicted molar refractivity (Wildman–Crippen MR) is 87.7 cm³/mol. The molecule has 0 saturated carbocycles. The van der Waals surface area contributed by atoms with E-state index < -0.39 is 25.2 Å². The van der Waals surface area contributed by atoms with Crippen LogP contribution in [0.15, 0.2) is 54.3 Å². The molecule has 26 heavy (non-hydrogen) atoms. The van der Waals surface area contributed by atoms with Crippen LogP contribution in [0.4, 0.5) is 21.8 Å². The normalized spacial score (nSPS) is 12.5. The van der Waals surface area contributed by atoms with E-state index in [0.29, 0.717) is 11.3 Å². The summed E-state index contributed by atoms with van der Waals surface area (Å²) in [6.45, 7) is 0. The summed E-state index contributed by atoms with van der Waals surface area (Å²) in [5.41, 5.74) is 0.549. The number of rotatable bonds is 6. The summed E-state index contributed by atoms with van der Waals surface area (Å²) in [5, 5.41) is 1.70. The molecule has 136 valence electrons. The first kappa shape index (κ1) is 19.5. The first-order chi connectivity index (χ1) is 12.2. The van der Waals surface area contributed by atoms with Crippen molar-refractivity contribution in [3.05, 3.63) is 59.9 Å². The van der Waals surface area contributed by atoms with Crippen molar-refractivity contribution in [3.8, 4) is 5.75 Å². The third-order valence-corrected chi connectivity index (χ3v) is 3.28. The average Bonchev–Trinajstić information content (AvgIpc) is 2.57. The minimum atomic E-state index is -5.19. The Kier molecular flexibility index (Phi) is 6.02. The van der Waals surface area contributed by atoms with Crippen LogP contribution in [0.2, 0.25) is 0 Å². The van der Waals surface area contributed by atoms with E-state index >= 15 is 0 Å². The molecule has 0 saturated heterocycles. The number of benzene rings is 2. The molecule has 0 aliphatic carbocycles. The maximum Gasteiger partial charge on any atom is 0.796 e. The zero-order valence-electron chi connectivity index (χ0n) is 13.4. The summed E-state index contributed by atoms with van der Waals surface area (Å²) in [6, 6.07) is 10.4. The second-order valence-corrected chi connectivity index (χ2v) is 5.09. The summed E-state index contributed by atoms with van der Waals surface area (Å²) in [7, 11) is -2.15. The molecule has 0 atom stereocenters. The van der Waals surface area contributed by atoms with Gasteiger partial charge in [0.2, 0.25) is 0 Å². The minimum Gasteiger partial charge on any atom is -0.501 e. The third kappa shape index (κ3) is 5.33. The number of halogens is 5. The molecule has 0 radical (unpaired) electrons. The molecule has 0 aliphatic rings. The molecule has 0 aromatic heterocycles. The maximum absolute atomic E-state index is 12.5. The van der Waals surface area contributed by atoms with Gasteiger partial charge in [0, 0.05) is 6.08 Å². The number of alkyl halides is 3. The molecule has 2 aromatic carbocycles. The highest BCUT2D eigenvalue weighted by atomic mass is 19.4. The Morgan fingerprint density at radius 2 is 1.73 bits per heavy atom. The standard InChI is InChI=1S/C17H12BF5O3/c1-25-15-7-5-12-8-11(2-4-13(12)9-15)3-6-14(24)10-16(17(19,20)21)26-18(22)23/h2-10H,1H3/b6-3+,16-10+. The number of ether oxygens (including phenoxy) is 1. The van der Waals surface area contributed by atoms with Gasteiger partial charge in [-0.15, -0.1) is 0 Å². The van der Waals surface area contributed by atoms with Crippen LogP contribution in [-0.2, 0) is 9.45 Å². The van der Waals surface area contributed by atoms with Crippen LogP contribution >= 0.6 is 0 Å². The van der Waals surface area contributed by atoms with Gasteiger partial charge in [0.25, 0.3) is 0 Å². The van der Waals surface area contributed by atoms with Crippen molar-refractivity contribution >= 4 is 30.1 Å². The van der Waals surface area contributed by atoms with Crippen molar-refractivity contribution in [1.29, 1.82) is 0 Å². The summed E-state index contributed by atoms with van der Waals surface area (Å²) in [4.78, 5) is 11.6. The Bertz CT molecular complexity index is 859. The molecule has 0 amide bonds. The van der Waals surface area contributed by atoms with Crippen molar-refractivity contribution < 1.29 is 36.0 Å². The molecule has 0 bridgehead atoms. The van der Waals surface area contributed by atoms with Crippen LogP contribution < -0.4 is 4.74 Å². The van der Waals surface area contributed by atoms with Crippen molar-refractivity contribution in [2.24, 2.45) is 0 Å². The topological polar surface area (TPSA) is 35.5 Å². The van der Waals surface area contributed by atoms with Crippen LogP contribution in [0.3, 0.4) is 0 Å². The molecular formula is C17H12BF5O3. The van der Waals surface area contributed by atoms with E-state index in [9.17, 15) is 26.6 Å². The number of hydrogen-bond acceptors (Lipinski definition) is 3. The third-order valence-electron chi connectivity index (χ3n) is 3.28. The summed E-state index contributed by atoms with van der Waals surface area (Å²) < 4.78 is 70.1. The summed E-state index contributed by atoms with van der Waals surface area (Å²) in [5.74, 6) is -2.51. The number of carbonyl (C=O) groups is 1. The van der Waals surface area contributed by atoms with Gasteiger partial charge in [-0.25, -0.2) is 8.63 Å². The van der Waals surface area contributed by atoms with Crippen molar-refractivity contribution in [2.45, 2.75) is 6.18 Å². The van der Waals surface area contributed by atoms with Gasteiger partial charge in [0.1, 0.15) is 5.75 Å². The molecule has 0 unspecified atom stereocenters. The van der Waals surface area contributed by atoms with Crippen LogP contribution in [0, 0.1) is 0 Å². The molecule has 0 aliphatic heterocycles. The van der Waals surface area contributed by atoms with Crippen LogP contribution in [0.5, 0.6) is 5.75 Å². The number of ketones is 1. The van der Waals surface area contributed by atoms with Gasteiger partial charge in [0.15, 0.2) is 11.5 Å². The fourth-order valence-electron chi connectivity index (χ4n) is 2.11. The van der Waals surface area contributed by atoms with E-state index in [2.05, 4.69) is 4.65 Å². The van der Waals surface area contributed by atoms with E-state index in [0.717, 1.165) is 16.8 Å². The zero-order chi connectivity index (χ0) is 19.3. The summed E-state index contributed by atoms with van der Waals surface area (Å²) >= 11 is 0. The molecule has 0 fully saturated rings. The molecule has 2 rings (SSSR count). The number of allylic oxidation sites excluding steroid dienone is 3. The molecule has 0 N–H and O–H groups in total. The second kappa shape index (κ2) is 8.03. The Morgan fingerprint density at radius 3 is 2.35 bits per heavy atom. The largest absolute Gasteiger partial charge is 0.796 e. The predicted octanol–water partition coefficient (Wildman–Crippen LogP) is 4.82. The first-order valence-electron chi connectivity index (χ1n) is 7.22. The van der Waals surface area contributed by atoms with Crippen LogP contribution in [0.1, 0.15) is 5.56 Å². The second-order valence-electron chi connectivity index (χ2n) is 5.09. The quantitative estimate of drug-likeness (QED) is 0.317. The first-order valence-corrected chi connectivity index (χ1v) is 7.22. The molecule has 0 heterocycles. The lowest BCUT2D eigenvalue weighted by Gasteiger charge is -2.10. The van der Waals surface area contributed by atoms with Gasteiger partial charge in [-0.05, 0) is 40.6 Å². The monoisotopic (exact) mass is 370 g/mol. The smallest absolute Gasteiger partial charge is 0.501 e. The maximum atomic E-state index is 12.5. The molecule has 0 spiro atoms. The van der Waals surface area contributed by atoms with E-state index in [1.807, 2.05) is 0 Å². The lowest BCUT2D eigenvalue weighted by molar-refractivity contribution is -0.123. The van der Waals surface area contributed by atoms with Crippen LogP contribution in [0.25, 0.3) is 16.8 Å². The Hall–Kier alpha value is -2.84. The van der Waals surface area contributed by atoms with E-state index in [1.54, 1.807) is 36.4 Å². The number of methoxy groups -OCH3 is 1. The van der Waals surface area contributed by atoms with E-state index in [4.69, 9.17) is 4.74 Å². The molecular weight excluding hydrogens is 358 g/mol. The van der Waals surface area contributed by atoms with Gasteiger partial charge < -0.3 is 9.39 Å². The Morgan fingerprint density at radius 1 is 1.08 bits per heavy atom. The number of hydrogen-bond donors (Lipinski definition) is 0. The average molecular weight is 370 g/mol. The fourth-order valence-corrected chi connectivity index (χ4v) is 2.11. The minimum absolute atomic E-state index is 0.0193. The lowest BCUT2D eigenvalue weighted by atomic mass is 10.1. The number of carbonyl (C=O) groups excluding carboxylic acids is 1. The van der Waals surface area contributed by atoms with E-state index in [1.165, 1.54) is 13.2 Å². The highest BCUT2D eigenvalue weighted by molar-refractivity contribution is 6.35. The van der Waals surface area contributed by atoms with E-state index in [-0.39, 0.29) is 6.08 Å². The lowest BCUT2D eigenvalue weighted by Crippen LogP contribution is -2.20.